The molecule has 4 amide bonds. The van der Waals surface area contributed by atoms with Crippen LogP contribution in [0.2, 0.25) is 0 Å². The van der Waals surface area contributed by atoms with E-state index in [0.717, 1.165) is 126 Å². The fourth-order valence-corrected chi connectivity index (χ4v) is 6.79. The highest BCUT2D eigenvalue weighted by Gasteiger charge is 2.30. The van der Waals surface area contributed by atoms with Crippen LogP contribution in [0, 0.1) is 5.92 Å². The number of likely N-dealkylation sites (tertiary alicyclic amines) is 2. The molecule has 11 nitrogen and oxygen atoms in total. The van der Waals surface area contributed by atoms with E-state index >= 15 is 0 Å². The molecule has 5 rings (SSSR count). The second-order valence-corrected chi connectivity index (χ2v) is 12.6. The lowest BCUT2D eigenvalue weighted by atomic mass is 9.95. The summed E-state index contributed by atoms with van der Waals surface area (Å²) in [4.78, 5) is 46.6. The summed E-state index contributed by atoms with van der Waals surface area (Å²) in [6, 6.07) is 17.9. The summed E-state index contributed by atoms with van der Waals surface area (Å²) >= 11 is 0. The number of carbonyl (C=O) groups excluding carboxylic acids is 3. The first-order valence-electron chi connectivity index (χ1n) is 17.0. The number of carbonyl (C=O) groups is 3. The van der Waals surface area contributed by atoms with Gasteiger partial charge in [-0.05, 0) is 83.3 Å². The van der Waals surface area contributed by atoms with Crippen LogP contribution in [-0.2, 0) is 9.53 Å². The molecule has 46 heavy (non-hydrogen) atoms. The van der Waals surface area contributed by atoms with Crippen molar-refractivity contribution in [3.8, 4) is 11.1 Å². The Balaban J connectivity index is 0.932. The Kier molecular flexibility index (Phi) is 12.3. The molecule has 2 N–H and O–H groups in total. The summed E-state index contributed by atoms with van der Waals surface area (Å²) in [5.41, 5.74) is 2.74. The van der Waals surface area contributed by atoms with Crippen LogP contribution in [0.15, 0.2) is 54.6 Å². The number of hydrogen-bond acceptors (Lipinski definition) is 7. The zero-order valence-electron chi connectivity index (χ0n) is 27.2. The highest BCUT2D eigenvalue weighted by Crippen LogP contribution is 2.28. The van der Waals surface area contributed by atoms with Crippen molar-refractivity contribution >= 4 is 23.7 Å². The molecule has 2 aromatic carbocycles. The van der Waals surface area contributed by atoms with Gasteiger partial charge in [0, 0.05) is 57.3 Å². The largest absolute Gasteiger partial charge is 0.446 e. The van der Waals surface area contributed by atoms with Gasteiger partial charge in [0.25, 0.3) is 0 Å². The van der Waals surface area contributed by atoms with Gasteiger partial charge in [-0.3, -0.25) is 15.3 Å². The maximum atomic E-state index is 13.0. The smallest absolute Gasteiger partial charge is 0.411 e. The standard InChI is InChI=1S/C35H50N6O5/c1-2-41(45)33(42)29-14-22-37(23-15-29)18-8-20-39-26-27-40(35(39)44)21-9-19-38-24-16-30(17-25-38)46-34(43)36-32-13-7-6-12-31(32)28-10-4-3-5-11-28/h3-7,10-13,29-30,45H,2,8-9,14-27H2,1H3,(H,36,43). The highest BCUT2D eigenvalue weighted by atomic mass is 16.6. The molecule has 0 unspecified atom stereocenters. The van der Waals surface area contributed by atoms with Crippen molar-refractivity contribution in [2.45, 2.75) is 51.6 Å². The van der Waals surface area contributed by atoms with Gasteiger partial charge < -0.3 is 24.3 Å². The predicted octanol–water partition coefficient (Wildman–Crippen LogP) is 4.83. The molecule has 3 fully saturated rings. The summed E-state index contributed by atoms with van der Waals surface area (Å²) in [6.07, 6.45) is 4.49. The van der Waals surface area contributed by atoms with E-state index in [2.05, 4.69) is 15.1 Å². The average molecular weight is 635 g/mol. The van der Waals surface area contributed by atoms with Crippen molar-refractivity contribution in [1.29, 1.82) is 0 Å². The first-order chi connectivity index (χ1) is 22.4. The molecular weight excluding hydrogens is 584 g/mol. The van der Waals surface area contributed by atoms with E-state index in [-0.39, 0.29) is 24.0 Å². The van der Waals surface area contributed by atoms with Crippen molar-refractivity contribution < 1.29 is 24.3 Å². The van der Waals surface area contributed by atoms with Crippen molar-refractivity contribution in [3.05, 3.63) is 54.6 Å². The second-order valence-electron chi connectivity index (χ2n) is 12.6. The fourth-order valence-electron chi connectivity index (χ4n) is 6.79. The lowest BCUT2D eigenvalue weighted by Gasteiger charge is -2.32. The number of hydroxylamine groups is 2. The number of rotatable bonds is 13. The van der Waals surface area contributed by atoms with E-state index in [1.54, 1.807) is 6.92 Å². The Bertz CT molecular complexity index is 1280. The van der Waals surface area contributed by atoms with Gasteiger partial charge in [-0.25, -0.2) is 14.7 Å². The van der Waals surface area contributed by atoms with Gasteiger partial charge in [0.1, 0.15) is 6.10 Å². The van der Waals surface area contributed by atoms with Gasteiger partial charge in [0.05, 0.1) is 5.69 Å². The van der Waals surface area contributed by atoms with Gasteiger partial charge in [0.2, 0.25) is 5.91 Å². The third-order valence-electron chi connectivity index (χ3n) is 9.53. The molecule has 3 heterocycles. The van der Waals surface area contributed by atoms with Crippen LogP contribution < -0.4 is 5.32 Å². The first-order valence-corrected chi connectivity index (χ1v) is 17.0. The summed E-state index contributed by atoms with van der Waals surface area (Å²) in [7, 11) is 0. The number of nitrogens with one attached hydrogen (secondary N) is 1. The number of anilines is 1. The van der Waals surface area contributed by atoms with Gasteiger partial charge in [-0.2, -0.15) is 0 Å². The van der Waals surface area contributed by atoms with E-state index in [0.29, 0.717) is 6.54 Å². The van der Waals surface area contributed by atoms with Gasteiger partial charge in [-0.15, -0.1) is 0 Å². The quantitative estimate of drug-likeness (QED) is 0.240. The minimum atomic E-state index is -0.415. The van der Waals surface area contributed by atoms with Crippen LogP contribution in [0.4, 0.5) is 15.3 Å². The Hall–Kier alpha value is -3.67. The van der Waals surface area contributed by atoms with E-state index in [1.807, 2.05) is 64.4 Å². The molecule has 250 valence electrons. The van der Waals surface area contributed by atoms with E-state index < -0.39 is 6.09 Å². The molecule has 3 aliphatic rings. The summed E-state index contributed by atoms with van der Waals surface area (Å²) in [5, 5.41) is 13.5. The van der Waals surface area contributed by atoms with Crippen molar-refractivity contribution in [1.82, 2.24) is 24.7 Å². The molecule has 2 aromatic rings. The van der Waals surface area contributed by atoms with Crippen LogP contribution in [0.5, 0.6) is 0 Å². The molecule has 0 spiro atoms. The molecule has 0 radical (unpaired) electrons. The minimum Gasteiger partial charge on any atom is -0.446 e. The van der Waals surface area contributed by atoms with Crippen molar-refractivity contribution in [2.75, 3.05) is 77.3 Å². The van der Waals surface area contributed by atoms with Crippen LogP contribution in [-0.4, -0.2) is 126 Å². The lowest BCUT2D eigenvalue weighted by Crippen LogP contribution is -2.42. The van der Waals surface area contributed by atoms with Crippen molar-refractivity contribution in [3.63, 3.8) is 0 Å². The van der Waals surface area contributed by atoms with E-state index in [4.69, 9.17) is 4.74 Å². The number of hydrogen-bond donors (Lipinski definition) is 2. The maximum absolute atomic E-state index is 13.0. The summed E-state index contributed by atoms with van der Waals surface area (Å²) < 4.78 is 5.78. The number of amides is 4. The highest BCUT2D eigenvalue weighted by molar-refractivity contribution is 5.91. The third-order valence-corrected chi connectivity index (χ3v) is 9.53. The maximum Gasteiger partial charge on any atom is 0.411 e. The second kappa shape index (κ2) is 16.8. The van der Waals surface area contributed by atoms with E-state index in [1.165, 1.54) is 0 Å². The molecule has 3 aliphatic heterocycles. The van der Waals surface area contributed by atoms with Crippen LogP contribution in [0.25, 0.3) is 11.1 Å². The Morgan fingerprint density at radius 3 is 1.98 bits per heavy atom. The van der Waals surface area contributed by atoms with Crippen LogP contribution in [0.1, 0.15) is 45.4 Å². The van der Waals surface area contributed by atoms with Crippen molar-refractivity contribution in [2.24, 2.45) is 5.92 Å². The Morgan fingerprint density at radius 2 is 1.37 bits per heavy atom. The number of urea groups is 1. The topological polar surface area (TPSA) is 109 Å². The van der Waals surface area contributed by atoms with Gasteiger partial charge >= 0.3 is 12.1 Å². The minimum absolute atomic E-state index is 0.0877. The molecule has 0 aromatic heterocycles. The molecule has 11 heteroatoms. The Labute approximate surface area is 273 Å². The first kappa shape index (κ1) is 33.7. The zero-order valence-corrected chi connectivity index (χ0v) is 27.2. The SMILES string of the molecule is CCN(O)C(=O)C1CCN(CCCN2CCN(CCCN3CCC(OC(=O)Nc4ccccc4-c4ccccc4)CC3)C2=O)CC1. The monoisotopic (exact) mass is 634 g/mol. The number of benzene rings is 2. The van der Waals surface area contributed by atoms with E-state index in [9.17, 15) is 19.6 Å². The zero-order chi connectivity index (χ0) is 32.3. The Morgan fingerprint density at radius 1 is 0.804 bits per heavy atom. The average Bonchev–Trinajstić information content (AvgIpc) is 3.44. The predicted molar refractivity (Wildman–Crippen MR) is 178 cm³/mol. The molecule has 3 saturated heterocycles. The van der Waals surface area contributed by atoms with Gasteiger partial charge in [0.15, 0.2) is 0 Å². The summed E-state index contributed by atoms with van der Waals surface area (Å²) in [6.45, 7) is 10.5. The van der Waals surface area contributed by atoms with Crippen LogP contribution >= 0.6 is 0 Å². The number of ether oxygens (including phenoxy) is 1. The number of nitrogens with zero attached hydrogens (tertiary/aromatic N) is 5. The normalized spacial score (nSPS) is 18.6. The molecule has 0 aliphatic carbocycles. The molecular formula is C35H50N6O5. The molecule has 0 saturated carbocycles. The number of piperidine rings is 2. The fraction of sp³-hybridized carbons (Fsp3) is 0.571. The summed E-state index contributed by atoms with van der Waals surface area (Å²) in [5.74, 6) is -0.250. The molecule has 0 atom stereocenters. The lowest BCUT2D eigenvalue weighted by molar-refractivity contribution is -0.170. The van der Waals surface area contributed by atoms with Gasteiger partial charge in [-0.1, -0.05) is 48.5 Å². The number of para-hydroxylation sites is 1. The molecule has 0 bridgehead atoms. The van der Waals surface area contributed by atoms with Crippen LogP contribution in [0.3, 0.4) is 0 Å². The third kappa shape index (κ3) is 9.20.